The lowest BCUT2D eigenvalue weighted by Crippen LogP contribution is -2.32. The first kappa shape index (κ1) is 13.9. The molecule has 1 N–H and O–H groups in total. The summed E-state index contributed by atoms with van der Waals surface area (Å²) >= 11 is 0. The Bertz CT molecular complexity index is 429. The number of rotatable bonds is 7. The van der Waals surface area contributed by atoms with Crippen LogP contribution in [0.4, 0.5) is 0 Å². The molecule has 0 radical (unpaired) electrons. The third-order valence-electron chi connectivity index (χ3n) is 3.03. The van der Waals surface area contributed by atoms with E-state index in [1.54, 1.807) is 0 Å². The van der Waals surface area contributed by atoms with Gasteiger partial charge in [-0.05, 0) is 32.8 Å². The van der Waals surface area contributed by atoms with Crippen LogP contribution in [0.1, 0.15) is 38.3 Å². The van der Waals surface area contributed by atoms with Gasteiger partial charge in [0, 0.05) is 11.6 Å². The van der Waals surface area contributed by atoms with Crippen molar-refractivity contribution in [1.29, 1.82) is 0 Å². The Hall–Kier alpha value is -1.55. The van der Waals surface area contributed by atoms with E-state index in [1.807, 2.05) is 38.1 Å². The summed E-state index contributed by atoms with van der Waals surface area (Å²) in [6.07, 6.45) is 2.24. The van der Waals surface area contributed by atoms with Crippen molar-refractivity contribution >= 4 is 5.97 Å². The van der Waals surface area contributed by atoms with E-state index >= 15 is 0 Å². The molecule has 0 saturated heterocycles. The van der Waals surface area contributed by atoms with Crippen LogP contribution in [0.2, 0.25) is 0 Å². The molecule has 0 heterocycles. The molecular formula is C15H21NO3. The number of para-hydroxylation sites is 1. The summed E-state index contributed by atoms with van der Waals surface area (Å²) < 4.78 is 10.8. The maximum atomic E-state index is 12.1. The van der Waals surface area contributed by atoms with Crippen LogP contribution >= 0.6 is 0 Å². The van der Waals surface area contributed by atoms with Crippen molar-refractivity contribution in [3.05, 3.63) is 29.8 Å². The minimum atomic E-state index is -0.435. The first-order valence-electron chi connectivity index (χ1n) is 6.90. The molecule has 19 heavy (non-hydrogen) atoms. The van der Waals surface area contributed by atoms with Gasteiger partial charge in [-0.25, -0.2) is 4.79 Å². The van der Waals surface area contributed by atoms with Crippen molar-refractivity contribution in [2.45, 2.75) is 38.8 Å². The van der Waals surface area contributed by atoms with Crippen molar-refractivity contribution < 1.29 is 14.3 Å². The van der Waals surface area contributed by atoms with E-state index in [0.29, 0.717) is 19.3 Å². The van der Waals surface area contributed by atoms with Crippen molar-refractivity contribution in [3.8, 4) is 5.75 Å². The van der Waals surface area contributed by atoms with Gasteiger partial charge < -0.3 is 9.47 Å². The zero-order valence-corrected chi connectivity index (χ0v) is 11.5. The second kappa shape index (κ2) is 6.57. The SMILES string of the molecule is CCOC(=O)C(NC1CC1)c1ccccc1OCC. The number of carbonyl (C=O) groups excluding carboxylic acids is 1. The highest BCUT2D eigenvalue weighted by molar-refractivity contribution is 5.78. The Labute approximate surface area is 114 Å². The fourth-order valence-corrected chi connectivity index (χ4v) is 2.00. The molecule has 1 aliphatic rings. The van der Waals surface area contributed by atoms with Gasteiger partial charge in [-0.3, -0.25) is 5.32 Å². The molecule has 1 atom stereocenters. The van der Waals surface area contributed by atoms with Crippen LogP contribution in [0, 0.1) is 0 Å². The van der Waals surface area contributed by atoms with E-state index in [0.717, 1.165) is 24.2 Å². The Morgan fingerprint density at radius 1 is 1.32 bits per heavy atom. The fourth-order valence-electron chi connectivity index (χ4n) is 2.00. The normalized spacial score (nSPS) is 15.9. The highest BCUT2D eigenvalue weighted by atomic mass is 16.5. The fraction of sp³-hybridized carbons (Fsp3) is 0.533. The Kier molecular flexibility index (Phi) is 4.80. The van der Waals surface area contributed by atoms with Gasteiger partial charge in [0.1, 0.15) is 11.8 Å². The van der Waals surface area contributed by atoms with Crippen molar-refractivity contribution in [1.82, 2.24) is 5.32 Å². The lowest BCUT2D eigenvalue weighted by atomic mass is 10.1. The molecule has 4 nitrogen and oxygen atoms in total. The van der Waals surface area contributed by atoms with Gasteiger partial charge in [-0.1, -0.05) is 18.2 Å². The van der Waals surface area contributed by atoms with Crippen LogP contribution in [0.3, 0.4) is 0 Å². The number of hydrogen-bond acceptors (Lipinski definition) is 4. The van der Waals surface area contributed by atoms with Crippen LogP contribution in [0.5, 0.6) is 5.75 Å². The first-order valence-corrected chi connectivity index (χ1v) is 6.90. The maximum absolute atomic E-state index is 12.1. The molecule has 1 aromatic rings. The summed E-state index contributed by atoms with van der Waals surface area (Å²) in [5.74, 6) is 0.512. The summed E-state index contributed by atoms with van der Waals surface area (Å²) in [5.41, 5.74) is 0.856. The van der Waals surface area contributed by atoms with E-state index in [9.17, 15) is 4.79 Å². The Morgan fingerprint density at radius 2 is 2.05 bits per heavy atom. The lowest BCUT2D eigenvalue weighted by molar-refractivity contribution is -0.146. The Balaban J connectivity index is 2.22. The summed E-state index contributed by atoms with van der Waals surface area (Å²) in [7, 11) is 0. The molecule has 1 unspecified atom stereocenters. The van der Waals surface area contributed by atoms with Gasteiger partial charge in [0.05, 0.1) is 13.2 Å². The van der Waals surface area contributed by atoms with E-state index in [4.69, 9.17) is 9.47 Å². The molecule has 1 fully saturated rings. The Morgan fingerprint density at radius 3 is 2.68 bits per heavy atom. The van der Waals surface area contributed by atoms with Gasteiger partial charge in [0.2, 0.25) is 0 Å². The van der Waals surface area contributed by atoms with Crippen LogP contribution in [0.15, 0.2) is 24.3 Å². The van der Waals surface area contributed by atoms with Gasteiger partial charge in [-0.2, -0.15) is 0 Å². The molecular weight excluding hydrogens is 242 g/mol. The van der Waals surface area contributed by atoms with Crippen molar-refractivity contribution in [2.75, 3.05) is 13.2 Å². The second-order valence-electron chi connectivity index (χ2n) is 4.60. The molecule has 0 aromatic heterocycles. The third-order valence-corrected chi connectivity index (χ3v) is 3.03. The number of nitrogens with one attached hydrogen (secondary N) is 1. The summed E-state index contributed by atoms with van der Waals surface area (Å²) in [6.45, 7) is 4.72. The predicted octanol–water partition coefficient (Wildman–Crippen LogP) is 2.44. The maximum Gasteiger partial charge on any atom is 0.327 e. The molecule has 4 heteroatoms. The van der Waals surface area contributed by atoms with Crippen LogP contribution in [0.25, 0.3) is 0 Å². The quantitative estimate of drug-likeness (QED) is 0.768. The molecule has 0 amide bonds. The summed E-state index contributed by atoms with van der Waals surface area (Å²) in [4.78, 5) is 12.1. The molecule has 2 rings (SSSR count). The van der Waals surface area contributed by atoms with Crippen LogP contribution < -0.4 is 10.1 Å². The largest absolute Gasteiger partial charge is 0.494 e. The van der Waals surface area contributed by atoms with Gasteiger partial charge in [0.15, 0.2) is 0 Å². The highest BCUT2D eigenvalue weighted by Gasteiger charge is 2.31. The van der Waals surface area contributed by atoms with Crippen molar-refractivity contribution in [2.24, 2.45) is 0 Å². The molecule has 0 aliphatic heterocycles. The zero-order valence-electron chi connectivity index (χ0n) is 11.5. The topological polar surface area (TPSA) is 47.6 Å². The highest BCUT2D eigenvalue weighted by Crippen LogP contribution is 2.30. The summed E-state index contributed by atoms with van der Waals surface area (Å²) in [5, 5.41) is 3.34. The lowest BCUT2D eigenvalue weighted by Gasteiger charge is -2.20. The minimum Gasteiger partial charge on any atom is -0.494 e. The molecule has 1 aliphatic carbocycles. The van der Waals surface area contributed by atoms with Gasteiger partial charge in [0.25, 0.3) is 0 Å². The number of hydrogen-bond donors (Lipinski definition) is 1. The third kappa shape index (κ3) is 3.70. The van der Waals surface area contributed by atoms with Crippen LogP contribution in [-0.4, -0.2) is 25.2 Å². The second-order valence-corrected chi connectivity index (χ2v) is 4.60. The zero-order chi connectivity index (χ0) is 13.7. The predicted molar refractivity (Wildman–Crippen MR) is 73.1 cm³/mol. The summed E-state index contributed by atoms with van der Waals surface area (Å²) in [6, 6.07) is 7.62. The van der Waals surface area contributed by atoms with E-state index in [2.05, 4.69) is 5.32 Å². The average Bonchev–Trinajstić information content (AvgIpc) is 3.21. The molecule has 1 saturated carbocycles. The number of ether oxygens (including phenoxy) is 2. The van der Waals surface area contributed by atoms with Crippen LogP contribution in [-0.2, 0) is 9.53 Å². The van der Waals surface area contributed by atoms with E-state index < -0.39 is 6.04 Å². The first-order chi connectivity index (χ1) is 9.26. The smallest absolute Gasteiger partial charge is 0.327 e. The number of esters is 1. The number of benzene rings is 1. The number of carbonyl (C=O) groups is 1. The molecule has 104 valence electrons. The van der Waals surface area contributed by atoms with Gasteiger partial charge >= 0.3 is 5.97 Å². The molecule has 0 spiro atoms. The van der Waals surface area contributed by atoms with Gasteiger partial charge in [-0.15, -0.1) is 0 Å². The monoisotopic (exact) mass is 263 g/mol. The average molecular weight is 263 g/mol. The molecule has 1 aromatic carbocycles. The van der Waals surface area contributed by atoms with E-state index in [1.165, 1.54) is 0 Å². The standard InChI is InChI=1S/C15H21NO3/c1-3-18-13-8-6-5-7-12(13)14(15(17)19-4-2)16-11-9-10-11/h5-8,11,14,16H,3-4,9-10H2,1-2H3. The minimum absolute atomic E-state index is 0.235. The molecule has 0 bridgehead atoms. The van der Waals surface area contributed by atoms with E-state index in [-0.39, 0.29) is 5.97 Å². The van der Waals surface area contributed by atoms with Crippen molar-refractivity contribution in [3.63, 3.8) is 0 Å².